The van der Waals surface area contributed by atoms with Crippen LogP contribution in [0.15, 0.2) is 36.0 Å². The van der Waals surface area contributed by atoms with Gasteiger partial charge in [0.15, 0.2) is 6.10 Å². The van der Waals surface area contributed by atoms with Gasteiger partial charge in [-0.05, 0) is 39.0 Å². The summed E-state index contributed by atoms with van der Waals surface area (Å²) in [6.07, 6.45) is 6.89. The molecule has 1 saturated carbocycles. The van der Waals surface area contributed by atoms with Crippen LogP contribution < -0.4 is 0 Å². The molecule has 0 amide bonds. The van der Waals surface area contributed by atoms with E-state index >= 15 is 0 Å². The summed E-state index contributed by atoms with van der Waals surface area (Å²) in [7, 11) is 0. The molecule has 2 saturated heterocycles. The van der Waals surface area contributed by atoms with Gasteiger partial charge in [0.2, 0.25) is 0 Å². The van der Waals surface area contributed by atoms with Gasteiger partial charge in [0, 0.05) is 24.5 Å². The predicted octanol–water partition coefficient (Wildman–Crippen LogP) is 2.39. The molecule has 0 radical (unpaired) electrons. The molecule has 3 aliphatic heterocycles. The lowest BCUT2D eigenvalue weighted by Crippen LogP contribution is -2.66. The molecule has 10 atom stereocenters. The van der Waals surface area contributed by atoms with Gasteiger partial charge >= 0.3 is 11.9 Å². The van der Waals surface area contributed by atoms with Crippen LogP contribution >= 0.6 is 0 Å². The van der Waals surface area contributed by atoms with E-state index in [2.05, 4.69) is 19.9 Å². The topological polar surface area (TPSA) is 124 Å². The Hall–Kier alpha value is -2.04. The molecule has 2 bridgehead atoms. The third-order valence-corrected chi connectivity index (χ3v) is 9.73. The van der Waals surface area contributed by atoms with Crippen LogP contribution in [0.4, 0.5) is 0 Å². The third-order valence-electron chi connectivity index (χ3n) is 9.73. The molecule has 2 aliphatic carbocycles. The van der Waals surface area contributed by atoms with Crippen LogP contribution in [0.25, 0.3) is 0 Å². The minimum absolute atomic E-state index is 0.0195. The number of hydrogen-bond acceptors (Lipinski definition) is 9. The van der Waals surface area contributed by atoms with Gasteiger partial charge in [-0.2, -0.15) is 0 Å². The van der Waals surface area contributed by atoms with E-state index < -0.39 is 58.7 Å². The summed E-state index contributed by atoms with van der Waals surface area (Å²) < 4.78 is 30.4. The van der Waals surface area contributed by atoms with Gasteiger partial charge in [-0.25, -0.2) is 9.59 Å². The molecule has 3 fully saturated rings. The average molecular weight is 533 g/mol. The van der Waals surface area contributed by atoms with E-state index in [0.717, 1.165) is 6.42 Å². The molecule has 5 aliphatic rings. The van der Waals surface area contributed by atoms with Crippen molar-refractivity contribution in [3.63, 3.8) is 0 Å². The highest BCUT2D eigenvalue weighted by Gasteiger charge is 2.83. The fraction of sp³-hybridized carbons (Fsp3) is 0.724. The number of cyclic esters (lactones) is 1. The van der Waals surface area contributed by atoms with Crippen LogP contribution in [0.1, 0.15) is 53.4 Å². The van der Waals surface area contributed by atoms with Crippen LogP contribution in [0.3, 0.4) is 0 Å². The number of aliphatic hydroxyl groups is 2. The standard InChI is InChI=1S/C29H40O9/c1-17-9-11-28-15-35-26(33)25(32)18(2)10-12-34-20(19(3)30)7-5-6-8-24(31)38-21-14-23(37-22(28)13-17)29(16-36-29)27(21,28)4/h5-8,13,18-23,25,30,32H,9-12,14-16H2,1-4H3/b7-5-,8-6-/t18?,19?,20?,21-,22-,23-,25?,27-,28-,29+/m1/s1. The zero-order valence-corrected chi connectivity index (χ0v) is 22.6. The van der Waals surface area contributed by atoms with Gasteiger partial charge in [0.25, 0.3) is 0 Å². The lowest BCUT2D eigenvalue weighted by Gasteiger charge is -2.58. The number of carbonyl (C=O) groups is 2. The van der Waals surface area contributed by atoms with Crippen LogP contribution in [-0.2, 0) is 33.3 Å². The second-order valence-electron chi connectivity index (χ2n) is 11.9. The van der Waals surface area contributed by atoms with Crippen molar-refractivity contribution in [3.8, 4) is 0 Å². The first-order valence-corrected chi connectivity index (χ1v) is 13.7. The van der Waals surface area contributed by atoms with Crippen molar-refractivity contribution in [1.82, 2.24) is 0 Å². The summed E-state index contributed by atoms with van der Waals surface area (Å²) in [5, 5.41) is 20.8. The number of rotatable bonds is 1. The molecule has 4 unspecified atom stereocenters. The van der Waals surface area contributed by atoms with E-state index in [1.807, 2.05) is 0 Å². The van der Waals surface area contributed by atoms with Crippen molar-refractivity contribution in [2.75, 3.05) is 19.8 Å². The van der Waals surface area contributed by atoms with Crippen LogP contribution in [-0.4, -0.2) is 84.2 Å². The summed E-state index contributed by atoms with van der Waals surface area (Å²) in [6.45, 7) is 8.27. The van der Waals surface area contributed by atoms with Gasteiger partial charge < -0.3 is 33.9 Å². The molecular weight excluding hydrogens is 492 g/mol. The summed E-state index contributed by atoms with van der Waals surface area (Å²) in [6, 6.07) is 0. The molecule has 38 heavy (non-hydrogen) atoms. The lowest BCUT2D eigenvalue weighted by molar-refractivity contribution is -0.234. The Labute approximate surface area is 223 Å². The van der Waals surface area contributed by atoms with Gasteiger partial charge in [0.1, 0.15) is 24.4 Å². The maximum Gasteiger partial charge on any atom is 0.335 e. The van der Waals surface area contributed by atoms with Crippen molar-refractivity contribution in [2.24, 2.45) is 16.7 Å². The van der Waals surface area contributed by atoms with E-state index in [1.165, 1.54) is 11.6 Å². The molecule has 2 spiro atoms. The van der Waals surface area contributed by atoms with Crippen molar-refractivity contribution in [2.45, 2.75) is 95.6 Å². The maximum absolute atomic E-state index is 13.1. The summed E-state index contributed by atoms with van der Waals surface area (Å²) in [4.78, 5) is 26.0. The Morgan fingerprint density at radius 3 is 2.63 bits per heavy atom. The van der Waals surface area contributed by atoms with E-state index in [-0.39, 0.29) is 25.4 Å². The molecule has 0 aromatic rings. The molecule has 3 heterocycles. The Balaban J connectivity index is 1.51. The van der Waals surface area contributed by atoms with Crippen molar-refractivity contribution < 1.29 is 43.5 Å². The van der Waals surface area contributed by atoms with E-state index in [4.69, 9.17) is 23.7 Å². The minimum atomic E-state index is -1.33. The lowest BCUT2D eigenvalue weighted by atomic mass is 9.51. The summed E-state index contributed by atoms with van der Waals surface area (Å²) >= 11 is 0. The third kappa shape index (κ3) is 4.36. The highest BCUT2D eigenvalue weighted by atomic mass is 16.6. The first kappa shape index (κ1) is 27.5. The Morgan fingerprint density at radius 1 is 1.16 bits per heavy atom. The maximum atomic E-state index is 13.1. The molecule has 5 rings (SSSR count). The zero-order chi connectivity index (χ0) is 27.3. The predicted molar refractivity (Wildman–Crippen MR) is 136 cm³/mol. The summed E-state index contributed by atoms with van der Waals surface area (Å²) in [5.41, 5.74) is -0.771. The molecule has 0 aromatic heterocycles. The number of carbonyl (C=O) groups excluding carboxylic acids is 2. The number of hydrogen-bond donors (Lipinski definition) is 2. The first-order valence-electron chi connectivity index (χ1n) is 13.7. The van der Waals surface area contributed by atoms with E-state index in [1.54, 1.807) is 32.1 Å². The van der Waals surface area contributed by atoms with Crippen LogP contribution in [0.5, 0.6) is 0 Å². The normalized spacial score (nSPS) is 48.0. The quantitative estimate of drug-likeness (QED) is 0.298. The number of aliphatic hydroxyl groups excluding tert-OH is 2. The Morgan fingerprint density at radius 2 is 1.92 bits per heavy atom. The number of epoxide rings is 1. The number of ether oxygens (including phenoxy) is 5. The van der Waals surface area contributed by atoms with Gasteiger partial charge in [0.05, 0.1) is 30.3 Å². The largest absolute Gasteiger partial charge is 0.463 e. The van der Waals surface area contributed by atoms with Gasteiger partial charge in [-0.1, -0.05) is 43.7 Å². The fourth-order valence-corrected chi connectivity index (χ4v) is 7.04. The van der Waals surface area contributed by atoms with Gasteiger partial charge in [-0.15, -0.1) is 0 Å². The van der Waals surface area contributed by atoms with E-state index in [9.17, 15) is 19.8 Å². The van der Waals surface area contributed by atoms with Crippen LogP contribution in [0, 0.1) is 16.7 Å². The Bertz CT molecular complexity index is 1030. The van der Waals surface area contributed by atoms with Crippen molar-refractivity contribution >= 4 is 11.9 Å². The highest BCUT2D eigenvalue weighted by Crippen LogP contribution is 2.72. The molecule has 2 N–H and O–H groups in total. The highest BCUT2D eigenvalue weighted by molar-refractivity contribution is 5.82. The monoisotopic (exact) mass is 532 g/mol. The van der Waals surface area contributed by atoms with Crippen molar-refractivity contribution in [1.29, 1.82) is 0 Å². The smallest absolute Gasteiger partial charge is 0.335 e. The van der Waals surface area contributed by atoms with Gasteiger partial charge in [-0.3, -0.25) is 0 Å². The van der Waals surface area contributed by atoms with Crippen molar-refractivity contribution in [3.05, 3.63) is 36.0 Å². The SMILES string of the molecule is CC1=C[C@H]2O[C@@H]3C[C@H]4OC(=O)/C=C\C=C/C(C(C)O)OCCC(C)C(O)C(=O)OC[C@@]2(CC1)[C@]4(C)[C@]31CO1. The fourth-order valence-electron chi connectivity index (χ4n) is 7.04. The molecule has 9 heteroatoms. The second-order valence-corrected chi connectivity index (χ2v) is 11.9. The van der Waals surface area contributed by atoms with Crippen LogP contribution in [0.2, 0.25) is 0 Å². The number of allylic oxidation sites excluding steroid dienone is 3. The molecule has 0 aromatic carbocycles. The average Bonchev–Trinajstić information content (AvgIpc) is 3.65. The molecule has 210 valence electrons. The number of esters is 2. The minimum Gasteiger partial charge on any atom is -0.463 e. The van der Waals surface area contributed by atoms with E-state index in [0.29, 0.717) is 25.9 Å². The first-order chi connectivity index (χ1) is 18.0. The zero-order valence-electron chi connectivity index (χ0n) is 22.6. The second kappa shape index (κ2) is 10.2. The molecule has 9 nitrogen and oxygen atoms in total. The Kier molecular flexibility index (Phi) is 7.37. The molecular formula is C29H40O9. The summed E-state index contributed by atoms with van der Waals surface area (Å²) in [5.74, 6) is -1.60.